The quantitative estimate of drug-likeness (QED) is 0.631. The van der Waals surface area contributed by atoms with Crippen molar-refractivity contribution in [3.8, 4) is 5.75 Å². The molecule has 1 aliphatic heterocycles. The minimum absolute atomic E-state index is 0.529. The summed E-state index contributed by atoms with van der Waals surface area (Å²) in [5.74, 6) is 1.58. The summed E-state index contributed by atoms with van der Waals surface area (Å²) in [6.45, 7) is 11.4. The molecular formula is C10H11N3O. The van der Waals surface area contributed by atoms with Gasteiger partial charge in [-0.25, -0.2) is 9.83 Å². The van der Waals surface area contributed by atoms with E-state index in [1.54, 1.807) is 12.3 Å². The van der Waals surface area contributed by atoms with Crippen LogP contribution in [-0.4, -0.2) is 24.7 Å². The molecule has 4 nitrogen and oxygen atoms in total. The van der Waals surface area contributed by atoms with Crippen LogP contribution in [-0.2, 0) is 0 Å². The number of hydrogen-bond acceptors (Lipinski definition) is 3. The van der Waals surface area contributed by atoms with Gasteiger partial charge in [0.05, 0.1) is 13.1 Å². The third-order valence-corrected chi connectivity index (χ3v) is 2.25. The Kier molecular flexibility index (Phi) is 2.23. The molecule has 0 saturated heterocycles. The number of rotatable bonds is 1. The van der Waals surface area contributed by atoms with E-state index in [2.05, 4.69) is 21.7 Å². The number of anilines is 1. The number of nitrogens with zero attached hydrogens (tertiary/aromatic N) is 3. The molecular weight excluding hydrogens is 178 g/mol. The molecule has 0 aliphatic carbocycles. The first-order valence-electron chi connectivity index (χ1n) is 4.60. The number of likely N-dealkylation sites (N-methyl/N-ethyl adjacent to an activating group) is 1. The molecule has 4 heteroatoms. The Labute approximate surface area is 82.9 Å². The Morgan fingerprint density at radius 3 is 3.29 bits per heavy atom. The van der Waals surface area contributed by atoms with Gasteiger partial charge in [0.15, 0.2) is 11.6 Å². The second kappa shape index (κ2) is 3.54. The van der Waals surface area contributed by atoms with E-state index in [1.807, 2.05) is 0 Å². The number of hydrogen-bond donors (Lipinski definition) is 0. The molecule has 1 aromatic rings. The van der Waals surface area contributed by atoms with Gasteiger partial charge in [-0.2, -0.15) is 0 Å². The highest BCUT2D eigenvalue weighted by atomic mass is 16.5. The van der Waals surface area contributed by atoms with E-state index >= 15 is 0 Å². The molecule has 0 spiro atoms. The van der Waals surface area contributed by atoms with E-state index in [9.17, 15) is 0 Å². The highest BCUT2D eigenvalue weighted by molar-refractivity contribution is 5.60. The van der Waals surface area contributed by atoms with Gasteiger partial charge in [-0.3, -0.25) is 0 Å². The molecule has 0 unspecified atom stereocenters. The molecule has 0 atom stereocenters. The summed E-state index contributed by atoms with van der Waals surface area (Å²) in [5.41, 5.74) is 0.529. The van der Waals surface area contributed by atoms with Gasteiger partial charge in [0, 0.05) is 12.7 Å². The summed E-state index contributed by atoms with van der Waals surface area (Å²) in [4.78, 5) is 9.69. The van der Waals surface area contributed by atoms with Crippen molar-refractivity contribution in [2.24, 2.45) is 0 Å². The fourth-order valence-electron chi connectivity index (χ4n) is 1.51. The number of pyridine rings is 1. The number of ether oxygens (including phenoxy) is 1. The van der Waals surface area contributed by atoms with Gasteiger partial charge in [-0.05, 0) is 13.0 Å². The summed E-state index contributed by atoms with van der Waals surface area (Å²) in [6.07, 6.45) is 1.59. The van der Waals surface area contributed by atoms with Gasteiger partial charge in [0.2, 0.25) is 5.69 Å². The van der Waals surface area contributed by atoms with Crippen molar-refractivity contribution in [3.63, 3.8) is 0 Å². The fourth-order valence-corrected chi connectivity index (χ4v) is 1.51. The first kappa shape index (κ1) is 8.82. The Hall–Kier alpha value is -1.76. The van der Waals surface area contributed by atoms with E-state index in [0.29, 0.717) is 12.3 Å². The molecule has 0 bridgehead atoms. The minimum atomic E-state index is 0.529. The highest BCUT2D eigenvalue weighted by Crippen LogP contribution is 2.32. The molecule has 0 radical (unpaired) electrons. The predicted molar refractivity (Wildman–Crippen MR) is 53.9 cm³/mol. The number of aromatic nitrogens is 1. The van der Waals surface area contributed by atoms with E-state index in [1.165, 1.54) is 0 Å². The molecule has 0 fully saturated rings. The maximum absolute atomic E-state index is 6.87. The zero-order valence-electron chi connectivity index (χ0n) is 8.03. The second-order valence-corrected chi connectivity index (χ2v) is 3.06. The third kappa shape index (κ3) is 1.37. The predicted octanol–water partition coefficient (Wildman–Crippen LogP) is 1.85. The lowest BCUT2D eigenvalue weighted by Crippen LogP contribution is -2.33. The summed E-state index contributed by atoms with van der Waals surface area (Å²) < 4.78 is 5.45. The molecule has 14 heavy (non-hydrogen) atoms. The fraction of sp³-hybridized carbons (Fsp3) is 0.400. The maximum atomic E-state index is 6.87. The zero-order valence-corrected chi connectivity index (χ0v) is 8.03. The Balaban J connectivity index is 2.42. The van der Waals surface area contributed by atoms with Crippen molar-refractivity contribution in [3.05, 3.63) is 23.7 Å². The van der Waals surface area contributed by atoms with Gasteiger partial charge in [-0.1, -0.05) is 0 Å². The average molecular weight is 189 g/mol. The molecule has 0 saturated carbocycles. The Bertz CT molecular complexity index is 383. The monoisotopic (exact) mass is 189 g/mol. The lowest BCUT2D eigenvalue weighted by Gasteiger charge is -2.28. The molecule has 72 valence electrons. The lowest BCUT2D eigenvalue weighted by atomic mass is 10.3. The van der Waals surface area contributed by atoms with Crippen LogP contribution in [0.4, 0.5) is 11.5 Å². The Morgan fingerprint density at radius 1 is 1.71 bits per heavy atom. The first-order chi connectivity index (χ1) is 6.85. The normalized spacial score (nSPS) is 14.1. The van der Waals surface area contributed by atoms with Crippen LogP contribution in [0.15, 0.2) is 12.3 Å². The third-order valence-electron chi connectivity index (χ3n) is 2.25. The molecule has 1 aliphatic rings. The van der Waals surface area contributed by atoms with Crippen LogP contribution >= 0.6 is 0 Å². The van der Waals surface area contributed by atoms with E-state index in [4.69, 9.17) is 11.3 Å². The van der Waals surface area contributed by atoms with Gasteiger partial charge >= 0.3 is 0 Å². The zero-order chi connectivity index (χ0) is 9.97. The molecule has 0 amide bonds. The standard InChI is InChI=1S/C10H11N3O/c1-3-13-4-5-14-9-6-8(11-2)7-12-10(9)13/h6-7H,3-5H2,1H3. The van der Waals surface area contributed by atoms with Crippen molar-refractivity contribution in [2.45, 2.75) is 6.92 Å². The van der Waals surface area contributed by atoms with Crippen molar-refractivity contribution >= 4 is 11.5 Å². The van der Waals surface area contributed by atoms with E-state index < -0.39 is 0 Å². The summed E-state index contributed by atoms with van der Waals surface area (Å²) in [5, 5.41) is 0. The van der Waals surface area contributed by atoms with Gasteiger partial charge in [-0.15, -0.1) is 0 Å². The van der Waals surface area contributed by atoms with Crippen molar-refractivity contribution in [1.29, 1.82) is 0 Å². The first-order valence-corrected chi connectivity index (χ1v) is 4.60. The lowest BCUT2D eigenvalue weighted by molar-refractivity contribution is 0.306. The second-order valence-electron chi connectivity index (χ2n) is 3.06. The Morgan fingerprint density at radius 2 is 2.57 bits per heavy atom. The van der Waals surface area contributed by atoms with Gasteiger partial charge < -0.3 is 9.64 Å². The SMILES string of the molecule is [C-]#[N+]c1cnc2c(c1)OCCN2CC. The van der Waals surface area contributed by atoms with Crippen molar-refractivity contribution < 1.29 is 4.74 Å². The smallest absolute Gasteiger partial charge is 0.208 e. The van der Waals surface area contributed by atoms with Crippen LogP contribution in [0, 0.1) is 6.57 Å². The van der Waals surface area contributed by atoms with Crippen LogP contribution in [0.2, 0.25) is 0 Å². The van der Waals surface area contributed by atoms with Crippen LogP contribution in [0.3, 0.4) is 0 Å². The molecule has 2 heterocycles. The van der Waals surface area contributed by atoms with Gasteiger partial charge in [0.1, 0.15) is 6.61 Å². The van der Waals surface area contributed by atoms with Crippen molar-refractivity contribution in [2.75, 3.05) is 24.6 Å². The molecule has 0 aromatic carbocycles. The largest absolute Gasteiger partial charge is 0.489 e. The topological polar surface area (TPSA) is 29.7 Å². The average Bonchev–Trinajstić information content (AvgIpc) is 2.27. The van der Waals surface area contributed by atoms with Crippen LogP contribution in [0.5, 0.6) is 5.75 Å². The van der Waals surface area contributed by atoms with Gasteiger partial charge in [0.25, 0.3) is 0 Å². The van der Waals surface area contributed by atoms with E-state index in [-0.39, 0.29) is 0 Å². The maximum Gasteiger partial charge on any atom is 0.208 e. The van der Waals surface area contributed by atoms with Crippen LogP contribution < -0.4 is 9.64 Å². The summed E-state index contributed by atoms with van der Waals surface area (Å²) in [7, 11) is 0. The van der Waals surface area contributed by atoms with Crippen LogP contribution in [0.1, 0.15) is 6.92 Å². The van der Waals surface area contributed by atoms with Crippen molar-refractivity contribution in [1.82, 2.24) is 4.98 Å². The molecule has 1 aromatic heterocycles. The number of fused-ring (bicyclic) bond motifs is 1. The summed E-state index contributed by atoms with van der Waals surface area (Å²) >= 11 is 0. The van der Waals surface area contributed by atoms with E-state index in [0.717, 1.165) is 24.7 Å². The molecule has 0 N–H and O–H groups in total. The minimum Gasteiger partial charge on any atom is -0.489 e. The molecule has 2 rings (SSSR count). The summed E-state index contributed by atoms with van der Waals surface area (Å²) in [6, 6.07) is 1.75. The van der Waals surface area contributed by atoms with Crippen LogP contribution in [0.25, 0.3) is 4.85 Å². The highest BCUT2D eigenvalue weighted by Gasteiger charge is 2.17.